The molecule has 0 aliphatic carbocycles. The molecule has 26 heavy (non-hydrogen) atoms. The quantitative estimate of drug-likeness (QED) is 0.408. The number of amides is 2. The summed E-state index contributed by atoms with van der Waals surface area (Å²) >= 11 is 3.31. The van der Waals surface area contributed by atoms with Gasteiger partial charge in [0.15, 0.2) is 0 Å². The number of nitrogens with zero attached hydrogens (tertiary/aromatic N) is 2. The van der Waals surface area contributed by atoms with E-state index in [0.717, 1.165) is 4.47 Å². The van der Waals surface area contributed by atoms with Crippen molar-refractivity contribution in [3.8, 4) is 0 Å². The van der Waals surface area contributed by atoms with Crippen LogP contribution in [0.5, 0.6) is 0 Å². The number of nitro groups is 1. The van der Waals surface area contributed by atoms with Crippen molar-refractivity contribution in [1.82, 2.24) is 5.43 Å². The number of nitro benzene ring substituents is 1. The van der Waals surface area contributed by atoms with Crippen LogP contribution < -0.4 is 10.7 Å². The van der Waals surface area contributed by atoms with E-state index in [4.69, 9.17) is 0 Å². The third kappa shape index (κ3) is 6.44. The van der Waals surface area contributed by atoms with Gasteiger partial charge in [-0.25, -0.2) is 5.43 Å². The molecule has 0 bridgehead atoms. The number of hydrogen-bond acceptors (Lipinski definition) is 5. The largest absolute Gasteiger partial charge is 0.326 e. The highest BCUT2D eigenvalue weighted by Crippen LogP contribution is 2.16. The topological polar surface area (TPSA) is 114 Å². The van der Waals surface area contributed by atoms with Crippen LogP contribution in [0.2, 0.25) is 0 Å². The molecule has 8 nitrogen and oxygen atoms in total. The highest BCUT2D eigenvalue weighted by Gasteiger charge is 2.07. The molecule has 0 saturated carbocycles. The number of benzene rings is 2. The molecule has 2 amide bonds. The lowest BCUT2D eigenvalue weighted by atomic mass is 10.2. The molecule has 0 aromatic heterocycles. The molecule has 0 atom stereocenters. The maximum Gasteiger partial charge on any atom is 0.270 e. The Morgan fingerprint density at radius 1 is 1.12 bits per heavy atom. The van der Waals surface area contributed by atoms with E-state index in [-0.39, 0.29) is 24.4 Å². The second kappa shape index (κ2) is 9.42. The minimum atomic E-state index is -0.514. The number of halogens is 1. The van der Waals surface area contributed by atoms with Crippen molar-refractivity contribution in [2.75, 3.05) is 5.32 Å². The van der Waals surface area contributed by atoms with Gasteiger partial charge >= 0.3 is 0 Å². The molecule has 2 aromatic rings. The van der Waals surface area contributed by atoms with Crippen LogP contribution in [0.1, 0.15) is 18.4 Å². The van der Waals surface area contributed by atoms with Gasteiger partial charge in [0, 0.05) is 40.7 Å². The number of carbonyl (C=O) groups excluding carboxylic acids is 2. The predicted molar refractivity (Wildman–Crippen MR) is 101 cm³/mol. The van der Waals surface area contributed by atoms with Crippen molar-refractivity contribution in [3.05, 3.63) is 68.7 Å². The van der Waals surface area contributed by atoms with Gasteiger partial charge in [-0.1, -0.05) is 34.1 Å². The first-order valence-corrected chi connectivity index (χ1v) is 8.35. The summed E-state index contributed by atoms with van der Waals surface area (Å²) in [5.74, 6) is -0.725. The van der Waals surface area contributed by atoms with E-state index in [1.54, 1.807) is 24.3 Å². The summed E-state index contributed by atoms with van der Waals surface area (Å²) in [6, 6.07) is 13.0. The van der Waals surface area contributed by atoms with Crippen LogP contribution in [0.3, 0.4) is 0 Å². The van der Waals surface area contributed by atoms with Gasteiger partial charge in [-0.15, -0.1) is 0 Å². The van der Waals surface area contributed by atoms with Crippen molar-refractivity contribution in [2.45, 2.75) is 12.8 Å². The summed E-state index contributed by atoms with van der Waals surface area (Å²) in [6.45, 7) is 0. The Hall–Kier alpha value is -3.07. The van der Waals surface area contributed by atoms with E-state index in [1.165, 1.54) is 24.4 Å². The third-order valence-corrected chi connectivity index (χ3v) is 3.66. The van der Waals surface area contributed by atoms with Crippen LogP contribution in [-0.2, 0) is 9.59 Å². The zero-order valence-electron chi connectivity index (χ0n) is 13.5. The molecule has 9 heteroatoms. The number of hydrogen-bond donors (Lipinski definition) is 2. The van der Waals surface area contributed by atoms with Crippen molar-refractivity contribution < 1.29 is 14.5 Å². The second-order valence-electron chi connectivity index (χ2n) is 5.20. The molecule has 134 valence electrons. The maximum absolute atomic E-state index is 11.8. The molecule has 0 aliphatic heterocycles. The Morgan fingerprint density at radius 3 is 2.58 bits per heavy atom. The molecule has 0 fully saturated rings. The van der Waals surface area contributed by atoms with Gasteiger partial charge in [0.25, 0.3) is 5.69 Å². The zero-order chi connectivity index (χ0) is 18.9. The maximum atomic E-state index is 11.8. The first kappa shape index (κ1) is 19.3. The highest BCUT2D eigenvalue weighted by molar-refractivity contribution is 9.10. The minimum Gasteiger partial charge on any atom is -0.326 e. The Balaban J connectivity index is 1.77. The predicted octanol–water partition coefficient (Wildman–Crippen LogP) is 3.23. The van der Waals surface area contributed by atoms with Crippen molar-refractivity contribution in [2.24, 2.45) is 5.10 Å². The van der Waals surface area contributed by atoms with E-state index >= 15 is 0 Å². The van der Waals surface area contributed by atoms with Crippen molar-refractivity contribution >= 4 is 45.3 Å². The van der Waals surface area contributed by atoms with E-state index < -0.39 is 10.8 Å². The summed E-state index contributed by atoms with van der Waals surface area (Å²) in [4.78, 5) is 33.7. The normalized spacial score (nSPS) is 10.5. The summed E-state index contributed by atoms with van der Waals surface area (Å²) in [6.07, 6.45) is 1.27. The molecular formula is C17H15BrN4O4. The van der Waals surface area contributed by atoms with Crippen molar-refractivity contribution in [1.29, 1.82) is 0 Å². The van der Waals surface area contributed by atoms with E-state index in [1.807, 2.05) is 6.07 Å². The van der Waals surface area contributed by atoms with Crippen LogP contribution in [0, 0.1) is 10.1 Å². The molecule has 2 N–H and O–H groups in total. The Morgan fingerprint density at radius 2 is 1.85 bits per heavy atom. The number of hydrazone groups is 1. The monoisotopic (exact) mass is 418 g/mol. The van der Waals surface area contributed by atoms with E-state index in [9.17, 15) is 19.7 Å². The van der Waals surface area contributed by atoms with Gasteiger partial charge in [0.1, 0.15) is 0 Å². The first-order chi connectivity index (χ1) is 12.4. The van der Waals surface area contributed by atoms with Gasteiger partial charge < -0.3 is 5.32 Å². The summed E-state index contributed by atoms with van der Waals surface area (Å²) in [7, 11) is 0. The van der Waals surface area contributed by atoms with Crippen LogP contribution in [0.25, 0.3) is 0 Å². The smallest absolute Gasteiger partial charge is 0.270 e. The van der Waals surface area contributed by atoms with Gasteiger partial charge in [0.05, 0.1) is 11.1 Å². The number of rotatable bonds is 7. The molecule has 0 saturated heterocycles. The van der Waals surface area contributed by atoms with Gasteiger partial charge in [-0.2, -0.15) is 5.10 Å². The fraction of sp³-hybridized carbons (Fsp3) is 0.118. The molecule has 0 spiro atoms. The first-order valence-electron chi connectivity index (χ1n) is 7.56. The molecule has 2 rings (SSSR count). The van der Waals surface area contributed by atoms with Crippen LogP contribution in [0.15, 0.2) is 58.1 Å². The fourth-order valence-corrected chi connectivity index (χ4v) is 2.37. The molecular weight excluding hydrogens is 404 g/mol. The Bertz CT molecular complexity index is 854. The second-order valence-corrected chi connectivity index (χ2v) is 6.12. The summed E-state index contributed by atoms with van der Waals surface area (Å²) in [5, 5.41) is 17.1. The lowest BCUT2D eigenvalue weighted by Gasteiger charge is -2.05. The standard InChI is InChI=1S/C17H15BrN4O4/c18-13-4-2-5-14(10-13)20-16(23)7-8-17(24)21-19-11-12-3-1-6-15(9-12)22(25)26/h1-6,9-11H,7-8H2,(H,20,23)(H,21,24). The number of nitrogens with one attached hydrogen (secondary N) is 2. The van der Waals surface area contributed by atoms with Gasteiger partial charge in [-0.3, -0.25) is 19.7 Å². The number of carbonyl (C=O) groups is 2. The fourth-order valence-electron chi connectivity index (χ4n) is 1.97. The van der Waals surface area contributed by atoms with Crippen LogP contribution >= 0.6 is 15.9 Å². The summed E-state index contributed by atoms with van der Waals surface area (Å²) in [5.41, 5.74) is 3.33. The van der Waals surface area contributed by atoms with Crippen molar-refractivity contribution in [3.63, 3.8) is 0 Å². The van der Waals surface area contributed by atoms with Gasteiger partial charge in [-0.05, 0) is 18.2 Å². The lowest BCUT2D eigenvalue weighted by Crippen LogP contribution is -2.20. The molecule has 0 radical (unpaired) electrons. The average molecular weight is 419 g/mol. The number of non-ortho nitro benzene ring substituents is 1. The highest BCUT2D eigenvalue weighted by atomic mass is 79.9. The molecule has 0 aliphatic rings. The zero-order valence-corrected chi connectivity index (χ0v) is 15.1. The van der Waals surface area contributed by atoms with Crippen LogP contribution in [-0.4, -0.2) is 23.0 Å². The minimum absolute atomic E-state index is 0.00464. The SMILES string of the molecule is O=C(CCC(=O)Nc1cccc(Br)c1)NN=Cc1cccc([N+](=O)[O-])c1. The van der Waals surface area contributed by atoms with E-state index in [0.29, 0.717) is 11.3 Å². The molecule has 2 aromatic carbocycles. The molecule has 0 heterocycles. The van der Waals surface area contributed by atoms with Crippen LogP contribution in [0.4, 0.5) is 11.4 Å². The third-order valence-electron chi connectivity index (χ3n) is 3.17. The molecule has 0 unspecified atom stereocenters. The van der Waals surface area contributed by atoms with E-state index in [2.05, 4.69) is 31.8 Å². The number of anilines is 1. The lowest BCUT2D eigenvalue weighted by molar-refractivity contribution is -0.384. The summed E-state index contributed by atoms with van der Waals surface area (Å²) < 4.78 is 0.837. The average Bonchev–Trinajstić information content (AvgIpc) is 2.60. The Kier molecular flexibility index (Phi) is 6.98. The Labute approximate surface area is 157 Å². The van der Waals surface area contributed by atoms with Gasteiger partial charge in [0.2, 0.25) is 11.8 Å².